The van der Waals surface area contributed by atoms with E-state index in [1.54, 1.807) is 38.2 Å². The summed E-state index contributed by atoms with van der Waals surface area (Å²) in [5, 5.41) is 2.72. The molecule has 0 bridgehead atoms. The van der Waals surface area contributed by atoms with Gasteiger partial charge in [-0.05, 0) is 36.8 Å². The Labute approximate surface area is 188 Å². The quantitative estimate of drug-likeness (QED) is 0.442. The van der Waals surface area contributed by atoms with Crippen LogP contribution < -0.4 is 16.6 Å². The van der Waals surface area contributed by atoms with Crippen LogP contribution in [0.1, 0.15) is 33.2 Å². The minimum Gasteiger partial charge on any atom is -0.462 e. The van der Waals surface area contributed by atoms with Gasteiger partial charge >= 0.3 is 11.7 Å². The number of esters is 1. The lowest BCUT2D eigenvalue weighted by atomic mass is 10.2. The van der Waals surface area contributed by atoms with Gasteiger partial charge in [0, 0.05) is 18.9 Å². The molecule has 0 unspecified atom stereocenters. The van der Waals surface area contributed by atoms with Crippen molar-refractivity contribution in [3.63, 3.8) is 0 Å². The molecule has 4 rings (SSSR count). The number of aromatic nitrogens is 3. The van der Waals surface area contributed by atoms with E-state index in [1.807, 2.05) is 30.3 Å². The van der Waals surface area contributed by atoms with Crippen LogP contribution in [0.5, 0.6) is 0 Å². The molecular formula is C24H22N4O5. The van der Waals surface area contributed by atoms with Gasteiger partial charge in [0.1, 0.15) is 5.52 Å². The second kappa shape index (κ2) is 8.99. The van der Waals surface area contributed by atoms with Crippen molar-refractivity contribution >= 4 is 28.6 Å². The molecule has 0 radical (unpaired) electrons. The molecule has 0 fully saturated rings. The molecular weight excluding hydrogens is 424 g/mol. The highest BCUT2D eigenvalue weighted by molar-refractivity contribution is 6.11. The molecule has 2 aromatic heterocycles. The van der Waals surface area contributed by atoms with E-state index in [9.17, 15) is 19.2 Å². The molecule has 0 spiro atoms. The van der Waals surface area contributed by atoms with Crippen molar-refractivity contribution in [1.29, 1.82) is 0 Å². The normalized spacial score (nSPS) is 10.8. The van der Waals surface area contributed by atoms with Gasteiger partial charge in [0.15, 0.2) is 0 Å². The molecule has 0 saturated carbocycles. The maximum absolute atomic E-state index is 13.1. The van der Waals surface area contributed by atoms with Crippen molar-refractivity contribution in [2.24, 2.45) is 7.05 Å². The summed E-state index contributed by atoms with van der Waals surface area (Å²) in [6.45, 7) is 2.10. The number of nitrogens with one attached hydrogen (secondary N) is 2. The van der Waals surface area contributed by atoms with Crippen LogP contribution >= 0.6 is 0 Å². The van der Waals surface area contributed by atoms with Gasteiger partial charge in [-0.25, -0.2) is 9.59 Å². The van der Waals surface area contributed by atoms with Gasteiger partial charge in [-0.3, -0.25) is 14.2 Å². The molecule has 168 valence electrons. The number of anilines is 1. The molecule has 4 aromatic rings. The number of nitrogens with zero attached hydrogens (tertiary/aromatic N) is 2. The van der Waals surface area contributed by atoms with Gasteiger partial charge < -0.3 is 19.6 Å². The van der Waals surface area contributed by atoms with E-state index >= 15 is 0 Å². The van der Waals surface area contributed by atoms with Crippen LogP contribution in [0.4, 0.5) is 5.69 Å². The van der Waals surface area contributed by atoms with Crippen LogP contribution in [-0.2, 0) is 18.3 Å². The standard InChI is InChI=1S/C24H22N4O5/c1-3-33-23(31)16-9-11-17(12-10-16)25-21(29)18-14-27(2)20-19(18)26-24(32)28(22(20)30)13-15-7-5-4-6-8-15/h4-12,14H,3,13H2,1-2H3,(H,25,29)(H,26,32). The maximum Gasteiger partial charge on any atom is 0.338 e. The second-order valence-corrected chi connectivity index (χ2v) is 7.44. The summed E-state index contributed by atoms with van der Waals surface area (Å²) in [5.74, 6) is -0.950. The highest BCUT2D eigenvalue weighted by atomic mass is 16.5. The summed E-state index contributed by atoms with van der Waals surface area (Å²) in [6, 6.07) is 15.4. The zero-order chi connectivity index (χ0) is 23.5. The number of aryl methyl sites for hydroxylation is 1. The third kappa shape index (κ3) is 4.33. The van der Waals surface area contributed by atoms with E-state index in [0.717, 1.165) is 10.1 Å². The Morgan fingerprint density at radius 3 is 2.39 bits per heavy atom. The summed E-state index contributed by atoms with van der Waals surface area (Å²) in [6.07, 6.45) is 1.50. The zero-order valence-electron chi connectivity index (χ0n) is 18.1. The second-order valence-electron chi connectivity index (χ2n) is 7.44. The number of hydrogen-bond donors (Lipinski definition) is 2. The Hall–Kier alpha value is -4.40. The zero-order valence-corrected chi connectivity index (χ0v) is 18.1. The van der Waals surface area contributed by atoms with Crippen molar-refractivity contribution in [2.45, 2.75) is 13.5 Å². The van der Waals surface area contributed by atoms with Crippen molar-refractivity contribution < 1.29 is 14.3 Å². The van der Waals surface area contributed by atoms with Gasteiger partial charge in [-0.1, -0.05) is 30.3 Å². The van der Waals surface area contributed by atoms with E-state index in [4.69, 9.17) is 4.74 Å². The summed E-state index contributed by atoms with van der Waals surface area (Å²) in [5.41, 5.74) is 1.07. The molecule has 1 amide bonds. The largest absolute Gasteiger partial charge is 0.462 e. The van der Waals surface area contributed by atoms with Gasteiger partial charge in [0.05, 0.1) is 29.8 Å². The average Bonchev–Trinajstić information content (AvgIpc) is 3.14. The Morgan fingerprint density at radius 1 is 1.03 bits per heavy atom. The molecule has 0 aliphatic heterocycles. The van der Waals surface area contributed by atoms with E-state index < -0.39 is 23.1 Å². The minimum absolute atomic E-state index is 0.116. The van der Waals surface area contributed by atoms with Crippen LogP contribution in [0.2, 0.25) is 0 Å². The van der Waals surface area contributed by atoms with Gasteiger partial charge in [0.25, 0.3) is 11.5 Å². The number of carbonyl (C=O) groups is 2. The number of amides is 1. The van der Waals surface area contributed by atoms with Gasteiger partial charge in [-0.15, -0.1) is 0 Å². The molecule has 0 aliphatic carbocycles. The molecule has 9 heteroatoms. The molecule has 0 saturated heterocycles. The van der Waals surface area contributed by atoms with Crippen LogP contribution in [0.3, 0.4) is 0 Å². The predicted molar refractivity (Wildman–Crippen MR) is 124 cm³/mol. The molecule has 2 heterocycles. The first kappa shape index (κ1) is 21.8. The number of H-pyrrole nitrogens is 1. The third-order valence-electron chi connectivity index (χ3n) is 5.19. The first-order chi connectivity index (χ1) is 15.9. The van der Waals surface area contributed by atoms with Crippen molar-refractivity contribution in [3.05, 3.63) is 98.3 Å². The third-order valence-corrected chi connectivity index (χ3v) is 5.19. The van der Waals surface area contributed by atoms with Crippen molar-refractivity contribution in [3.8, 4) is 0 Å². The van der Waals surface area contributed by atoms with Crippen molar-refractivity contribution in [1.82, 2.24) is 14.1 Å². The molecule has 2 N–H and O–H groups in total. The first-order valence-electron chi connectivity index (χ1n) is 10.3. The maximum atomic E-state index is 13.1. The SMILES string of the molecule is CCOC(=O)c1ccc(NC(=O)c2cn(C)c3c(=O)n(Cc4ccccc4)c(=O)[nH]c23)cc1. The molecule has 2 aromatic carbocycles. The van der Waals surface area contributed by atoms with E-state index in [2.05, 4.69) is 10.3 Å². The molecule has 0 atom stereocenters. The fraction of sp³-hybridized carbons (Fsp3) is 0.167. The number of rotatable bonds is 6. The summed E-state index contributed by atoms with van der Waals surface area (Å²) in [4.78, 5) is 53.1. The smallest absolute Gasteiger partial charge is 0.338 e. The van der Waals surface area contributed by atoms with E-state index in [1.165, 1.54) is 10.8 Å². The lowest BCUT2D eigenvalue weighted by Crippen LogP contribution is -2.36. The number of hydrogen-bond acceptors (Lipinski definition) is 5. The van der Waals surface area contributed by atoms with Crippen LogP contribution in [-0.4, -0.2) is 32.6 Å². The Kier molecular flexibility index (Phi) is 5.95. The van der Waals surface area contributed by atoms with Crippen LogP contribution in [0, 0.1) is 0 Å². The fourth-order valence-corrected chi connectivity index (χ4v) is 3.59. The molecule has 9 nitrogen and oxygen atoms in total. The topological polar surface area (TPSA) is 115 Å². The van der Waals surface area contributed by atoms with E-state index in [-0.39, 0.29) is 29.7 Å². The fourth-order valence-electron chi connectivity index (χ4n) is 3.59. The molecule has 33 heavy (non-hydrogen) atoms. The van der Waals surface area contributed by atoms with Crippen molar-refractivity contribution in [2.75, 3.05) is 11.9 Å². The number of fused-ring (bicyclic) bond motifs is 1. The number of benzene rings is 2. The summed E-state index contributed by atoms with van der Waals surface area (Å²) < 4.78 is 7.57. The highest BCUT2D eigenvalue weighted by Gasteiger charge is 2.20. The lowest BCUT2D eigenvalue weighted by Gasteiger charge is -2.07. The number of ether oxygens (including phenoxy) is 1. The predicted octanol–water partition coefficient (Wildman–Crippen LogP) is 2.51. The van der Waals surface area contributed by atoms with Gasteiger partial charge in [-0.2, -0.15) is 0 Å². The van der Waals surface area contributed by atoms with E-state index in [0.29, 0.717) is 11.3 Å². The minimum atomic E-state index is -0.601. The highest BCUT2D eigenvalue weighted by Crippen LogP contribution is 2.17. The lowest BCUT2D eigenvalue weighted by molar-refractivity contribution is 0.0526. The van der Waals surface area contributed by atoms with Crippen LogP contribution in [0.15, 0.2) is 70.4 Å². The summed E-state index contributed by atoms with van der Waals surface area (Å²) in [7, 11) is 1.64. The summed E-state index contributed by atoms with van der Waals surface area (Å²) >= 11 is 0. The Bertz CT molecular complexity index is 1450. The Balaban J connectivity index is 1.65. The monoisotopic (exact) mass is 446 g/mol. The Morgan fingerprint density at radius 2 is 1.73 bits per heavy atom. The molecule has 0 aliphatic rings. The first-order valence-corrected chi connectivity index (χ1v) is 10.3. The number of aromatic amines is 1. The number of carbonyl (C=O) groups excluding carboxylic acids is 2. The van der Waals surface area contributed by atoms with Crippen LogP contribution in [0.25, 0.3) is 11.0 Å². The van der Waals surface area contributed by atoms with Gasteiger partial charge in [0.2, 0.25) is 0 Å². The average molecular weight is 446 g/mol.